The maximum atomic E-state index is 11.8. The molecule has 3 heteroatoms. The Morgan fingerprint density at radius 1 is 1.20 bits per heavy atom. The Bertz CT molecular complexity index is 461. The lowest BCUT2D eigenvalue weighted by Crippen LogP contribution is -2.04. The molecule has 0 fully saturated rings. The number of rotatable bonds is 3. The molecule has 1 heterocycles. The minimum absolute atomic E-state index is 0.0833. The molecule has 2 aromatic rings. The van der Waals surface area contributed by atoms with E-state index < -0.39 is 0 Å². The van der Waals surface area contributed by atoms with Crippen molar-refractivity contribution in [3.63, 3.8) is 0 Å². The highest BCUT2D eigenvalue weighted by Gasteiger charge is 2.10. The van der Waals surface area contributed by atoms with Crippen LogP contribution in [0, 0.1) is 0 Å². The Kier molecular flexibility index (Phi) is 2.83. The van der Waals surface area contributed by atoms with E-state index in [4.69, 9.17) is 5.73 Å². The monoisotopic (exact) mass is 217 g/mol. The molecular weight excluding hydrogens is 206 g/mol. The number of carbonyl (C=O) groups excluding carboxylic acids is 1. The summed E-state index contributed by atoms with van der Waals surface area (Å²) in [4.78, 5) is 11.8. The van der Waals surface area contributed by atoms with Gasteiger partial charge in [0.25, 0.3) is 0 Å². The van der Waals surface area contributed by atoms with Crippen LogP contribution in [-0.4, -0.2) is 5.78 Å². The molecule has 0 radical (unpaired) electrons. The highest BCUT2D eigenvalue weighted by molar-refractivity contribution is 7.14. The Balaban J connectivity index is 2.15. The summed E-state index contributed by atoms with van der Waals surface area (Å²) in [6.07, 6.45) is 0.418. The SMILES string of the molecule is Nc1sccc1C(=O)Cc1ccccc1. The Morgan fingerprint density at radius 2 is 1.93 bits per heavy atom. The van der Waals surface area contributed by atoms with E-state index in [1.54, 1.807) is 6.07 Å². The number of thiophene rings is 1. The van der Waals surface area contributed by atoms with Crippen molar-refractivity contribution >= 4 is 22.1 Å². The minimum atomic E-state index is 0.0833. The van der Waals surface area contributed by atoms with Gasteiger partial charge in [-0.1, -0.05) is 30.3 Å². The van der Waals surface area contributed by atoms with Crippen LogP contribution in [0.15, 0.2) is 41.8 Å². The fourth-order valence-corrected chi connectivity index (χ4v) is 2.09. The normalized spacial score (nSPS) is 10.1. The first-order valence-corrected chi connectivity index (χ1v) is 5.55. The molecule has 1 aromatic heterocycles. The van der Waals surface area contributed by atoms with Crippen molar-refractivity contribution in [1.82, 2.24) is 0 Å². The third kappa shape index (κ3) is 2.25. The lowest BCUT2D eigenvalue weighted by atomic mass is 10.1. The molecule has 0 unspecified atom stereocenters. The van der Waals surface area contributed by atoms with Gasteiger partial charge in [0.1, 0.15) is 0 Å². The minimum Gasteiger partial charge on any atom is -0.390 e. The standard InChI is InChI=1S/C12H11NOS/c13-12-10(6-7-15-12)11(14)8-9-4-2-1-3-5-9/h1-7H,8,13H2. The van der Waals surface area contributed by atoms with Crippen molar-refractivity contribution in [1.29, 1.82) is 0 Å². The molecule has 0 saturated carbocycles. The molecule has 0 saturated heterocycles. The number of hydrogen-bond acceptors (Lipinski definition) is 3. The molecule has 15 heavy (non-hydrogen) atoms. The second-order valence-electron chi connectivity index (χ2n) is 3.28. The summed E-state index contributed by atoms with van der Waals surface area (Å²) in [5, 5.41) is 2.45. The first-order chi connectivity index (χ1) is 7.27. The summed E-state index contributed by atoms with van der Waals surface area (Å²) in [5.41, 5.74) is 7.36. The highest BCUT2D eigenvalue weighted by Crippen LogP contribution is 2.20. The van der Waals surface area contributed by atoms with Gasteiger partial charge < -0.3 is 5.73 Å². The van der Waals surface area contributed by atoms with Crippen molar-refractivity contribution in [3.05, 3.63) is 52.9 Å². The van der Waals surface area contributed by atoms with Gasteiger partial charge >= 0.3 is 0 Å². The second-order valence-corrected chi connectivity index (χ2v) is 4.23. The zero-order chi connectivity index (χ0) is 10.7. The topological polar surface area (TPSA) is 43.1 Å². The van der Waals surface area contributed by atoms with Gasteiger partial charge in [0.2, 0.25) is 0 Å². The lowest BCUT2D eigenvalue weighted by Gasteiger charge is -1.99. The average molecular weight is 217 g/mol. The largest absolute Gasteiger partial charge is 0.390 e. The second kappa shape index (κ2) is 4.28. The third-order valence-electron chi connectivity index (χ3n) is 2.20. The van der Waals surface area contributed by atoms with Crippen LogP contribution in [0.1, 0.15) is 15.9 Å². The summed E-state index contributed by atoms with van der Waals surface area (Å²) in [5.74, 6) is 0.0833. The van der Waals surface area contributed by atoms with Crippen LogP contribution >= 0.6 is 11.3 Å². The molecule has 2 N–H and O–H groups in total. The molecule has 0 aliphatic heterocycles. The molecule has 2 nitrogen and oxygen atoms in total. The molecule has 2 rings (SSSR count). The van der Waals surface area contributed by atoms with E-state index in [1.165, 1.54) is 11.3 Å². The van der Waals surface area contributed by atoms with E-state index in [0.717, 1.165) is 5.56 Å². The van der Waals surface area contributed by atoms with Crippen LogP contribution < -0.4 is 5.73 Å². The van der Waals surface area contributed by atoms with E-state index in [0.29, 0.717) is 17.0 Å². The number of ketones is 1. The summed E-state index contributed by atoms with van der Waals surface area (Å²) < 4.78 is 0. The van der Waals surface area contributed by atoms with Gasteiger partial charge in [0.05, 0.1) is 10.6 Å². The number of benzene rings is 1. The molecule has 0 spiro atoms. The fraction of sp³-hybridized carbons (Fsp3) is 0.0833. The zero-order valence-corrected chi connectivity index (χ0v) is 8.96. The van der Waals surface area contributed by atoms with Crippen LogP contribution in [0.5, 0.6) is 0 Å². The van der Waals surface area contributed by atoms with Crippen LogP contribution in [0.4, 0.5) is 5.00 Å². The number of anilines is 1. The van der Waals surface area contributed by atoms with Gasteiger partial charge in [0.15, 0.2) is 5.78 Å². The van der Waals surface area contributed by atoms with Gasteiger partial charge in [-0.2, -0.15) is 0 Å². The summed E-state index contributed by atoms with van der Waals surface area (Å²) >= 11 is 1.40. The third-order valence-corrected chi connectivity index (χ3v) is 2.95. The summed E-state index contributed by atoms with van der Waals surface area (Å²) in [7, 11) is 0. The molecule has 0 atom stereocenters. The first-order valence-electron chi connectivity index (χ1n) is 4.67. The van der Waals surface area contributed by atoms with Crippen molar-refractivity contribution in [2.24, 2.45) is 0 Å². The maximum absolute atomic E-state index is 11.8. The van der Waals surface area contributed by atoms with Gasteiger partial charge in [0, 0.05) is 6.42 Å². The van der Waals surface area contributed by atoms with E-state index >= 15 is 0 Å². The van der Waals surface area contributed by atoms with Crippen LogP contribution in [-0.2, 0) is 6.42 Å². The van der Waals surface area contributed by atoms with Crippen LogP contribution in [0.2, 0.25) is 0 Å². The lowest BCUT2D eigenvalue weighted by molar-refractivity contribution is 0.0994. The molecular formula is C12H11NOS. The van der Waals surface area contributed by atoms with Gasteiger partial charge in [-0.05, 0) is 17.0 Å². The number of carbonyl (C=O) groups is 1. The first kappa shape index (κ1) is 9.93. The highest BCUT2D eigenvalue weighted by atomic mass is 32.1. The zero-order valence-electron chi connectivity index (χ0n) is 8.14. The average Bonchev–Trinajstić information content (AvgIpc) is 2.66. The molecule has 76 valence electrons. The smallest absolute Gasteiger partial charge is 0.170 e. The molecule has 1 aromatic carbocycles. The van der Waals surface area contributed by atoms with Crippen LogP contribution in [0.25, 0.3) is 0 Å². The van der Waals surface area contributed by atoms with Gasteiger partial charge in [-0.25, -0.2) is 0 Å². The Morgan fingerprint density at radius 3 is 2.53 bits per heavy atom. The number of Topliss-reactive ketones (excluding diaryl/α,β-unsaturated/α-hetero) is 1. The van der Waals surface area contributed by atoms with Crippen molar-refractivity contribution in [2.75, 3.05) is 5.73 Å². The number of nitrogens with two attached hydrogens (primary N) is 1. The number of nitrogen functional groups attached to an aromatic ring is 1. The van der Waals surface area contributed by atoms with Crippen molar-refractivity contribution in [2.45, 2.75) is 6.42 Å². The number of hydrogen-bond donors (Lipinski definition) is 1. The van der Waals surface area contributed by atoms with Gasteiger partial charge in [-0.3, -0.25) is 4.79 Å². The predicted octanol–water partition coefficient (Wildman–Crippen LogP) is 2.76. The quantitative estimate of drug-likeness (QED) is 0.803. The summed E-state index contributed by atoms with van der Waals surface area (Å²) in [6.45, 7) is 0. The van der Waals surface area contributed by atoms with E-state index in [-0.39, 0.29) is 5.78 Å². The Hall–Kier alpha value is -1.61. The van der Waals surface area contributed by atoms with Gasteiger partial charge in [-0.15, -0.1) is 11.3 Å². The van der Waals surface area contributed by atoms with Crippen molar-refractivity contribution < 1.29 is 4.79 Å². The Labute approximate surface area is 92.4 Å². The molecule has 0 aliphatic carbocycles. The summed E-state index contributed by atoms with van der Waals surface area (Å²) in [6, 6.07) is 11.5. The predicted molar refractivity (Wildman–Crippen MR) is 63.2 cm³/mol. The van der Waals surface area contributed by atoms with E-state index in [9.17, 15) is 4.79 Å². The molecule has 0 bridgehead atoms. The maximum Gasteiger partial charge on any atom is 0.170 e. The van der Waals surface area contributed by atoms with E-state index in [1.807, 2.05) is 35.7 Å². The molecule has 0 amide bonds. The van der Waals surface area contributed by atoms with Crippen LogP contribution in [0.3, 0.4) is 0 Å². The van der Waals surface area contributed by atoms with E-state index in [2.05, 4.69) is 0 Å². The fourth-order valence-electron chi connectivity index (χ4n) is 1.43. The van der Waals surface area contributed by atoms with Crippen molar-refractivity contribution in [3.8, 4) is 0 Å². The molecule has 0 aliphatic rings.